The van der Waals surface area contributed by atoms with Crippen LogP contribution in [0.3, 0.4) is 0 Å². The van der Waals surface area contributed by atoms with Gasteiger partial charge in [0.1, 0.15) is 5.84 Å². The second-order valence-corrected chi connectivity index (χ2v) is 4.56. The zero-order valence-corrected chi connectivity index (χ0v) is 8.56. The van der Waals surface area contributed by atoms with Crippen LogP contribution in [-0.4, -0.2) is 16.1 Å². The first-order valence-electron chi connectivity index (χ1n) is 4.06. The predicted molar refractivity (Wildman–Crippen MR) is 56.2 cm³/mol. The Hall–Kier alpha value is -1.03. The largest absolute Gasteiger partial charge is 0.384 e. The predicted octanol–water partition coefficient (Wildman–Crippen LogP) is 1.87. The number of aromatic nitrogens is 1. The van der Waals surface area contributed by atoms with Gasteiger partial charge in [0.05, 0.1) is 5.03 Å². The van der Waals surface area contributed by atoms with E-state index in [4.69, 9.17) is 11.1 Å². The van der Waals surface area contributed by atoms with Crippen LogP contribution in [0.1, 0.15) is 19.4 Å². The average molecular weight is 195 g/mol. The minimum atomic E-state index is 0.0635. The minimum Gasteiger partial charge on any atom is -0.384 e. The Labute approximate surface area is 82.3 Å². The van der Waals surface area contributed by atoms with Gasteiger partial charge in [-0.05, 0) is 12.1 Å². The summed E-state index contributed by atoms with van der Waals surface area (Å²) >= 11 is 1.70. The van der Waals surface area contributed by atoms with Gasteiger partial charge in [0.2, 0.25) is 0 Å². The molecule has 0 saturated heterocycles. The molecule has 0 saturated carbocycles. The molecular weight excluding hydrogens is 182 g/mol. The maximum Gasteiger partial charge on any atom is 0.124 e. The van der Waals surface area contributed by atoms with Crippen LogP contribution in [-0.2, 0) is 0 Å². The van der Waals surface area contributed by atoms with E-state index in [1.54, 1.807) is 18.0 Å². The van der Waals surface area contributed by atoms with Gasteiger partial charge < -0.3 is 5.73 Å². The van der Waals surface area contributed by atoms with Gasteiger partial charge in [0.25, 0.3) is 0 Å². The summed E-state index contributed by atoms with van der Waals surface area (Å²) in [7, 11) is 0. The van der Waals surface area contributed by atoms with Crippen molar-refractivity contribution in [3.63, 3.8) is 0 Å². The minimum absolute atomic E-state index is 0.0635. The molecule has 0 aliphatic rings. The second-order valence-electron chi connectivity index (χ2n) is 2.97. The Morgan fingerprint density at radius 3 is 2.62 bits per heavy atom. The quantitative estimate of drug-likeness (QED) is 0.439. The van der Waals surface area contributed by atoms with Gasteiger partial charge in [-0.3, -0.25) is 5.41 Å². The van der Waals surface area contributed by atoms with E-state index in [0.717, 1.165) is 5.03 Å². The van der Waals surface area contributed by atoms with Gasteiger partial charge in [-0.15, -0.1) is 11.8 Å². The molecule has 3 nitrogen and oxygen atoms in total. The van der Waals surface area contributed by atoms with Crippen LogP contribution in [0, 0.1) is 5.41 Å². The van der Waals surface area contributed by atoms with E-state index in [-0.39, 0.29) is 5.84 Å². The lowest BCUT2D eigenvalue weighted by Gasteiger charge is -2.03. The highest BCUT2D eigenvalue weighted by Crippen LogP contribution is 2.19. The molecule has 1 rings (SSSR count). The molecule has 0 atom stereocenters. The van der Waals surface area contributed by atoms with Gasteiger partial charge in [-0.1, -0.05) is 13.8 Å². The van der Waals surface area contributed by atoms with Gasteiger partial charge in [0, 0.05) is 17.0 Å². The van der Waals surface area contributed by atoms with Crippen LogP contribution in [0.25, 0.3) is 0 Å². The van der Waals surface area contributed by atoms with Crippen LogP contribution in [0.4, 0.5) is 0 Å². The Bertz CT molecular complexity index is 292. The average Bonchev–Trinajstić information content (AvgIpc) is 2.04. The number of hydrogen-bond donors (Lipinski definition) is 2. The molecule has 0 amide bonds. The Kier molecular flexibility index (Phi) is 3.31. The van der Waals surface area contributed by atoms with E-state index < -0.39 is 0 Å². The van der Waals surface area contributed by atoms with Crippen molar-refractivity contribution in [1.82, 2.24) is 4.98 Å². The summed E-state index contributed by atoms with van der Waals surface area (Å²) in [6.45, 7) is 4.23. The zero-order chi connectivity index (χ0) is 9.84. The fourth-order valence-corrected chi connectivity index (χ4v) is 1.59. The van der Waals surface area contributed by atoms with Gasteiger partial charge in [0.15, 0.2) is 0 Å². The number of thioether (sulfide) groups is 1. The number of rotatable bonds is 3. The van der Waals surface area contributed by atoms with E-state index in [1.807, 2.05) is 12.1 Å². The van der Waals surface area contributed by atoms with E-state index in [1.165, 1.54) is 0 Å². The van der Waals surface area contributed by atoms with Crippen LogP contribution < -0.4 is 5.73 Å². The molecule has 0 fully saturated rings. The van der Waals surface area contributed by atoms with Crippen molar-refractivity contribution in [1.29, 1.82) is 5.41 Å². The lowest BCUT2D eigenvalue weighted by Crippen LogP contribution is -2.11. The Balaban J connectivity index is 2.75. The van der Waals surface area contributed by atoms with Gasteiger partial charge in [-0.2, -0.15) is 0 Å². The molecule has 13 heavy (non-hydrogen) atoms. The zero-order valence-electron chi connectivity index (χ0n) is 7.74. The fraction of sp³-hybridized carbons (Fsp3) is 0.333. The van der Waals surface area contributed by atoms with Crippen molar-refractivity contribution < 1.29 is 0 Å². The molecule has 0 bridgehead atoms. The lowest BCUT2D eigenvalue weighted by molar-refractivity contribution is 1.07. The smallest absolute Gasteiger partial charge is 0.124 e. The van der Waals surface area contributed by atoms with Gasteiger partial charge in [-0.25, -0.2) is 4.98 Å². The summed E-state index contributed by atoms with van der Waals surface area (Å²) in [5, 5.41) is 8.67. The highest BCUT2D eigenvalue weighted by atomic mass is 32.2. The first-order chi connectivity index (χ1) is 6.09. The monoisotopic (exact) mass is 195 g/mol. The molecule has 3 N–H and O–H groups in total. The molecule has 0 aliphatic carbocycles. The van der Waals surface area contributed by atoms with Crippen molar-refractivity contribution in [2.75, 3.05) is 0 Å². The molecule has 0 radical (unpaired) electrons. The van der Waals surface area contributed by atoms with Crippen LogP contribution in [0.15, 0.2) is 23.4 Å². The molecular formula is C9H13N3S. The molecule has 4 heteroatoms. The maximum absolute atomic E-state index is 7.18. The standard InChI is InChI=1S/C9H13N3S/c1-6(2)13-8-4-3-7(5-12-8)9(10)11/h3-6H,1-2H3,(H3,10,11). The summed E-state index contributed by atoms with van der Waals surface area (Å²) in [5.74, 6) is 0.0635. The number of nitrogens with zero attached hydrogens (tertiary/aromatic N) is 1. The SMILES string of the molecule is CC(C)Sc1ccc(C(=N)N)cn1. The maximum atomic E-state index is 7.18. The highest BCUT2D eigenvalue weighted by Gasteiger charge is 2.00. The van der Waals surface area contributed by atoms with Crippen LogP contribution in [0.5, 0.6) is 0 Å². The van der Waals surface area contributed by atoms with Crippen LogP contribution >= 0.6 is 11.8 Å². The van der Waals surface area contributed by atoms with Gasteiger partial charge >= 0.3 is 0 Å². The van der Waals surface area contributed by atoms with E-state index in [9.17, 15) is 0 Å². The molecule has 0 spiro atoms. The van der Waals surface area contributed by atoms with E-state index >= 15 is 0 Å². The summed E-state index contributed by atoms with van der Waals surface area (Å²) in [4.78, 5) is 4.18. The topological polar surface area (TPSA) is 62.8 Å². The molecule has 1 heterocycles. The molecule has 0 aliphatic heterocycles. The third kappa shape index (κ3) is 3.06. The summed E-state index contributed by atoms with van der Waals surface area (Å²) in [6.07, 6.45) is 1.63. The summed E-state index contributed by atoms with van der Waals surface area (Å²) in [6, 6.07) is 3.71. The summed E-state index contributed by atoms with van der Waals surface area (Å²) < 4.78 is 0. The summed E-state index contributed by atoms with van der Waals surface area (Å²) in [5.41, 5.74) is 5.98. The van der Waals surface area contributed by atoms with Crippen LogP contribution in [0.2, 0.25) is 0 Å². The number of nitrogen functional groups attached to an aromatic ring is 1. The van der Waals surface area contributed by atoms with Crippen molar-refractivity contribution in [2.45, 2.75) is 24.1 Å². The van der Waals surface area contributed by atoms with E-state index in [2.05, 4.69) is 18.8 Å². The molecule has 0 aromatic carbocycles. The molecule has 1 aromatic rings. The fourth-order valence-electron chi connectivity index (χ4n) is 0.851. The van der Waals surface area contributed by atoms with Crippen molar-refractivity contribution >= 4 is 17.6 Å². The number of pyridine rings is 1. The number of nitrogens with two attached hydrogens (primary N) is 1. The van der Waals surface area contributed by atoms with E-state index in [0.29, 0.717) is 10.8 Å². The first-order valence-corrected chi connectivity index (χ1v) is 4.94. The molecule has 70 valence electrons. The third-order valence-corrected chi connectivity index (χ3v) is 2.36. The second kappa shape index (κ2) is 4.28. The number of hydrogen-bond acceptors (Lipinski definition) is 3. The number of amidine groups is 1. The molecule has 0 unspecified atom stereocenters. The first kappa shape index (κ1) is 10.1. The molecule has 1 aromatic heterocycles. The normalized spacial score (nSPS) is 10.4. The van der Waals surface area contributed by atoms with Crippen molar-refractivity contribution in [2.24, 2.45) is 5.73 Å². The van der Waals surface area contributed by atoms with Crippen molar-refractivity contribution in [3.05, 3.63) is 23.9 Å². The Morgan fingerprint density at radius 1 is 1.54 bits per heavy atom. The Morgan fingerprint density at radius 2 is 2.23 bits per heavy atom. The highest BCUT2D eigenvalue weighted by molar-refractivity contribution is 7.99. The lowest BCUT2D eigenvalue weighted by atomic mass is 10.3. The number of nitrogens with one attached hydrogen (secondary N) is 1. The van der Waals surface area contributed by atoms with Crippen molar-refractivity contribution in [3.8, 4) is 0 Å². The third-order valence-electron chi connectivity index (χ3n) is 1.40.